The Balaban J connectivity index is 1.86. The number of nitro benzene ring substituents is 1. The minimum atomic E-state index is -0.575. The predicted molar refractivity (Wildman–Crippen MR) is 72.7 cm³/mol. The third-order valence-electron chi connectivity index (χ3n) is 3.70. The van der Waals surface area contributed by atoms with Crippen molar-refractivity contribution >= 4 is 11.4 Å². The van der Waals surface area contributed by atoms with Gasteiger partial charge in [-0.25, -0.2) is 4.39 Å². The Morgan fingerprint density at radius 2 is 2.00 bits per heavy atom. The lowest BCUT2D eigenvalue weighted by molar-refractivity contribution is -0.385. The number of hydrogen-bond donors (Lipinski definition) is 1. The van der Waals surface area contributed by atoms with Crippen LogP contribution in [0.2, 0.25) is 0 Å². The molecule has 104 valence electrons. The van der Waals surface area contributed by atoms with Crippen LogP contribution in [0.25, 0.3) is 0 Å². The fourth-order valence-corrected chi connectivity index (χ4v) is 2.68. The third kappa shape index (κ3) is 4.19. The second kappa shape index (κ2) is 6.50. The number of halogens is 1. The van der Waals surface area contributed by atoms with E-state index in [0.717, 1.165) is 24.9 Å². The first kappa shape index (κ1) is 13.8. The first-order chi connectivity index (χ1) is 9.15. The molecule has 0 unspecified atom stereocenters. The molecule has 1 aliphatic carbocycles. The Morgan fingerprint density at radius 1 is 1.26 bits per heavy atom. The van der Waals surface area contributed by atoms with Gasteiger partial charge in [0.05, 0.1) is 11.0 Å². The zero-order chi connectivity index (χ0) is 13.7. The summed E-state index contributed by atoms with van der Waals surface area (Å²) in [5.41, 5.74) is 0.280. The van der Waals surface area contributed by atoms with Gasteiger partial charge >= 0.3 is 0 Å². The van der Waals surface area contributed by atoms with Crippen LogP contribution in [0.5, 0.6) is 0 Å². The summed E-state index contributed by atoms with van der Waals surface area (Å²) in [7, 11) is 0. The molecule has 0 atom stereocenters. The van der Waals surface area contributed by atoms with E-state index in [0.29, 0.717) is 5.69 Å². The number of rotatable bonds is 5. The smallest absolute Gasteiger partial charge is 0.274 e. The summed E-state index contributed by atoms with van der Waals surface area (Å²) in [6, 6.07) is 3.62. The van der Waals surface area contributed by atoms with Gasteiger partial charge in [0.15, 0.2) is 0 Å². The highest BCUT2D eigenvalue weighted by Crippen LogP contribution is 2.26. The lowest BCUT2D eigenvalue weighted by Crippen LogP contribution is -2.12. The van der Waals surface area contributed by atoms with Crippen LogP contribution < -0.4 is 5.32 Å². The average Bonchev–Trinajstić information content (AvgIpc) is 2.39. The number of non-ortho nitro benzene ring substituents is 1. The highest BCUT2D eigenvalue weighted by atomic mass is 19.1. The van der Waals surface area contributed by atoms with E-state index in [2.05, 4.69) is 5.32 Å². The Kier molecular flexibility index (Phi) is 4.71. The first-order valence-electron chi connectivity index (χ1n) is 6.84. The molecule has 0 bridgehead atoms. The van der Waals surface area contributed by atoms with E-state index in [1.165, 1.54) is 44.2 Å². The number of hydrogen-bond acceptors (Lipinski definition) is 3. The quantitative estimate of drug-likeness (QED) is 0.644. The molecular formula is C14H19FN2O2. The average molecular weight is 266 g/mol. The maximum absolute atomic E-state index is 13.2. The fourth-order valence-electron chi connectivity index (χ4n) is 2.68. The summed E-state index contributed by atoms with van der Waals surface area (Å²) in [4.78, 5) is 10.1. The van der Waals surface area contributed by atoms with Gasteiger partial charge in [-0.05, 0) is 18.4 Å². The Hall–Kier alpha value is -1.65. The number of nitro groups is 1. The molecule has 0 radical (unpaired) electrons. The van der Waals surface area contributed by atoms with Gasteiger partial charge in [0.2, 0.25) is 0 Å². The van der Waals surface area contributed by atoms with E-state index >= 15 is 0 Å². The van der Waals surface area contributed by atoms with E-state index in [-0.39, 0.29) is 5.69 Å². The molecule has 19 heavy (non-hydrogen) atoms. The van der Waals surface area contributed by atoms with Crippen LogP contribution in [0.4, 0.5) is 15.8 Å². The van der Waals surface area contributed by atoms with Gasteiger partial charge in [0, 0.05) is 18.3 Å². The van der Waals surface area contributed by atoms with Crippen LogP contribution in [-0.4, -0.2) is 11.5 Å². The van der Waals surface area contributed by atoms with Crippen molar-refractivity contribution in [3.63, 3.8) is 0 Å². The highest BCUT2D eigenvalue weighted by Gasteiger charge is 2.13. The minimum Gasteiger partial charge on any atom is -0.385 e. The van der Waals surface area contributed by atoms with Gasteiger partial charge < -0.3 is 5.32 Å². The molecule has 1 saturated carbocycles. The van der Waals surface area contributed by atoms with E-state index in [1.54, 1.807) is 0 Å². The summed E-state index contributed by atoms with van der Waals surface area (Å²) in [5.74, 6) is 0.166. The largest absolute Gasteiger partial charge is 0.385 e. The molecule has 5 heteroatoms. The van der Waals surface area contributed by atoms with Crippen molar-refractivity contribution in [1.29, 1.82) is 0 Å². The summed E-state index contributed by atoms with van der Waals surface area (Å²) in [6.45, 7) is 0.741. The van der Waals surface area contributed by atoms with Gasteiger partial charge in [-0.15, -0.1) is 0 Å². The second-order valence-electron chi connectivity index (χ2n) is 5.17. The molecule has 2 rings (SSSR count). The normalized spacial score (nSPS) is 16.3. The second-order valence-corrected chi connectivity index (χ2v) is 5.17. The number of benzene rings is 1. The van der Waals surface area contributed by atoms with Crippen LogP contribution in [0, 0.1) is 21.8 Å². The van der Waals surface area contributed by atoms with E-state index in [1.807, 2.05) is 0 Å². The highest BCUT2D eigenvalue weighted by molar-refractivity contribution is 5.51. The zero-order valence-corrected chi connectivity index (χ0v) is 10.9. The van der Waals surface area contributed by atoms with Gasteiger partial charge in [-0.1, -0.05) is 32.1 Å². The monoisotopic (exact) mass is 266 g/mol. The maximum atomic E-state index is 13.2. The lowest BCUT2D eigenvalue weighted by Gasteiger charge is -2.21. The van der Waals surface area contributed by atoms with E-state index < -0.39 is 10.7 Å². The molecule has 4 nitrogen and oxygen atoms in total. The number of anilines is 1. The Labute approximate surface area is 112 Å². The van der Waals surface area contributed by atoms with Crippen LogP contribution in [0.15, 0.2) is 18.2 Å². The topological polar surface area (TPSA) is 55.2 Å². The molecule has 1 N–H and O–H groups in total. The van der Waals surface area contributed by atoms with Crippen molar-refractivity contribution in [3.8, 4) is 0 Å². The molecule has 0 aliphatic heterocycles. The Morgan fingerprint density at radius 3 is 2.68 bits per heavy atom. The first-order valence-corrected chi connectivity index (χ1v) is 6.84. The Bertz CT molecular complexity index is 445. The number of nitrogens with zero attached hydrogens (tertiary/aromatic N) is 1. The maximum Gasteiger partial charge on any atom is 0.274 e. The lowest BCUT2D eigenvalue weighted by atomic mass is 9.87. The molecular weight excluding hydrogens is 247 g/mol. The fraction of sp³-hybridized carbons (Fsp3) is 0.571. The van der Waals surface area contributed by atoms with Crippen molar-refractivity contribution in [2.24, 2.45) is 5.92 Å². The summed E-state index contributed by atoms with van der Waals surface area (Å²) in [5, 5.41) is 13.7. The van der Waals surface area contributed by atoms with Crippen molar-refractivity contribution in [2.75, 3.05) is 11.9 Å². The van der Waals surface area contributed by atoms with Gasteiger partial charge in [0.25, 0.3) is 5.69 Å². The van der Waals surface area contributed by atoms with Crippen molar-refractivity contribution in [1.82, 2.24) is 0 Å². The van der Waals surface area contributed by atoms with Gasteiger partial charge in [-0.3, -0.25) is 10.1 Å². The zero-order valence-electron chi connectivity index (χ0n) is 10.9. The summed E-state index contributed by atoms with van der Waals surface area (Å²) >= 11 is 0. The minimum absolute atomic E-state index is 0.208. The molecule has 1 aromatic rings. The van der Waals surface area contributed by atoms with Crippen LogP contribution in [0.1, 0.15) is 38.5 Å². The predicted octanol–water partition coefficient (Wildman–Crippen LogP) is 4.12. The molecule has 0 saturated heterocycles. The van der Waals surface area contributed by atoms with Crippen molar-refractivity contribution < 1.29 is 9.31 Å². The van der Waals surface area contributed by atoms with Crippen LogP contribution >= 0.6 is 0 Å². The van der Waals surface area contributed by atoms with Crippen LogP contribution in [-0.2, 0) is 0 Å². The SMILES string of the molecule is O=[N+]([O-])c1cc(F)cc(NCCC2CCCCC2)c1. The molecule has 0 amide bonds. The van der Waals surface area contributed by atoms with Crippen molar-refractivity contribution in [3.05, 3.63) is 34.1 Å². The van der Waals surface area contributed by atoms with Crippen LogP contribution in [0.3, 0.4) is 0 Å². The standard InChI is InChI=1S/C14H19FN2O2/c15-12-8-13(10-14(9-12)17(18)19)16-7-6-11-4-2-1-3-5-11/h8-11,16H,1-7H2. The third-order valence-corrected chi connectivity index (χ3v) is 3.70. The molecule has 0 heterocycles. The van der Waals surface area contributed by atoms with Gasteiger partial charge in [0.1, 0.15) is 5.82 Å². The van der Waals surface area contributed by atoms with E-state index in [4.69, 9.17) is 0 Å². The molecule has 1 fully saturated rings. The van der Waals surface area contributed by atoms with E-state index in [9.17, 15) is 14.5 Å². The van der Waals surface area contributed by atoms with Gasteiger partial charge in [-0.2, -0.15) is 0 Å². The molecule has 0 spiro atoms. The summed E-state index contributed by atoms with van der Waals surface area (Å²) < 4.78 is 13.2. The molecule has 1 aliphatic rings. The summed E-state index contributed by atoms with van der Waals surface area (Å²) in [6.07, 6.45) is 7.52. The van der Waals surface area contributed by atoms with Crippen molar-refractivity contribution in [2.45, 2.75) is 38.5 Å². The molecule has 0 aromatic heterocycles. The molecule has 1 aromatic carbocycles. The number of nitrogens with one attached hydrogen (secondary N) is 1.